The molecule has 0 aliphatic carbocycles. The number of alkyl carbamates (subject to hydrolysis) is 1. The minimum absolute atomic E-state index is 0.368. The lowest BCUT2D eigenvalue weighted by molar-refractivity contribution is -0.127. The molecule has 6 rings (SSSR count). The number of benzene rings is 3. The first-order chi connectivity index (χ1) is 23.0. The lowest BCUT2D eigenvalue weighted by Crippen LogP contribution is -2.56. The quantitative estimate of drug-likeness (QED) is 0.124. The largest absolute Gasteiger partial charge is 0.444 e. The van der Waals surface area contributed by atoms with Crippen LogP contribution in [0.25, 0.3) is 21.8 Å². The molecule has 10 heteroatoms. The summed E-state index contributed by atoms with van der Waals surface area (Å²) in [5, 5.41) is 17.7. The third-order valence-corrected chi connectivity index (χ3v) is 8.43. The van der Waals surface area contributed by atoms with Crippen molar-refractivity contribution in [2.24, 2.45) is 0 Å². The van der Waals surface area contributed by atoms with Gasteiger partial charge in [-0.3, -0.25) is 4.79 Å². The van der Waals surface area contributed by atoms with Crippen molar-refractivity contribution in [2.45, 2.75) is 77.6 Å². The van der Waals surface area contributed by atoms with Gasteiger partial charge in [-0.15, -0.1) is 10.2 Å². The molecule has 4 N–H and O–H groups in total. The number of ether oxygens (including phenoxy) is 1. The van der Waals surface area contributed by atoms with Gasteiger partial charge in [-0.1, -0.05) is 66.7 Å². The van der Waals surface area contributed by atoms with Gasteiger partial charge in [0.15, 0.2) is 5.82 Å². The summed E-state index contributed by atoms with van der Waals surface area (Å²) in [6, 6.07) is 26.0. The molecule has 2 amide bonds. The first-order valence-electron chi connectivity index (χ1n) is 16.3. The third kappa shape index (κ3) is 7.43. The van der Waals surface area contributed by atoms with Crippen molar-refractivity contribution in [1.29, 1.82) is 0 Å². The number of H-pyrrole nitrogens is 2. The van der Waals surface area contributed by atoms with Crippen LogP contribution in [0.1, 0.15) is 69.0 Å². The van der Waals surface area contributed by atoms with Crippen LogP contribution in [0.3, 0.4) is 0 Å². The number of nitrogens with one attached hydrogen (secondary N) is 4. The van der Waals surface area contributed by atoms with Crippen LogP contribution in [0.2, 0.25) is 0 Å². The molecule has 1 atom stereocenters. The summed E-state index contributed by atoms with van der Waals surface area (Å²) in [5.41, 5.74) is 3.46. The molecule has 3 aromatic carbocycles. The molecule has 0 spiro atoms. The number of aryl methyl sites for hydroxylation is 2. The van der Waals surface area contributed by atoms with Gasteiger partial charge in [-0.2, -0.15) is 0 Å². The number of aromatic nitrogens is 5. The highest BCUT2D eigenvalue weighted by Gasteiger charge is 2.35. The van der Waals surface area contributed by atoms with Crippen molar-refractivity contribution in [1.82, 2.24) is 35.4 Å². The van der Waals surface area contributed by atoms with Gasteiger partial charge < -0.3 is 29.9 Å². The van der Waals surface area contributed by atoms with Crippen LogP contribution < -0.4 is 10.6 Å². The summed E-state index contributed by atoms with van der Waals surface area (Å²) in [6.07, 6.45) is 5.24. The summed E-state index contributed by atoms with van der Waals surface area (Å²) in [6.45, 7) is 9.21. The molecular weight excluding hydrogens is 602 g/mol. The monoisotopic (exact) mass is 645 g/mol. The minimum Gasteiger partial charge on any atom is -0.444 e. The normalized spacial score (nSPS) is 12.7. The number of carbonyl (C=O) groups excluding carboxylic acids is 2. The Balaban J connectivity index is 1.35. The standard InChI is InChI=1S/C38H43N7O3/c1-37(2,3)48-36(47)42-38(4,5)35(46)41-32(21-27-23-40-31-18-12-10-16-29(27)31)34-44-43-33(45(34)24-25-13-7-6-8-14-25)20-19-26-22-39-30-17-11-9-15-28(26)30/h6-18,22-23,32,39-40H,19-21,24H2,1-5H3,(H,41,46)(H,42,47)/t32-/m1/s1. The summed E-state index contributed by atoms with van der Waals surface area (Å²) >= 11 is 0. The lowest BCUT2D eigenvalue weighted by Gasteiger charge is -2.29. The van der Waals surface area contributed by atoms with Crippen molar-refractivity contribution in [3.8, 4) is 0 Å². The van der Waals surface area contributed by atoms with E-state index in [-0.39, 0.29) is 5.91 Å². The van der Waals surface area contributed by atoms with Crippen LogP contribution >= 0.6 is 0 Å². The van der Waals surface area contributed by atoms with Crippen molar-refractivity contribution in [3.63, 3.8) is 0 Å². The molecular formula is C38H43N7O3. The van der Waals surface area contributed by atoms with Gasteiger partial charge in [0.2, 0.25) is 5.91 Å². The maximum Gasteiger partial charge on any atom is 0.408 e. The average Bonchev–Trinajstić information content (AvgIpc) is 3.76. The SMILES string of the molecule is CC(C)(C)OC(=O)NC(C)(C)C(=O)N[C@H](Cc1c[nH]c2ccccc12)c1nnc(CCc2c[nH]c3ccccc23)n1Cc1ccccc1. The second-order valence-corrected chi connectivity index (χ2v) is 13.7. The summed E-state index contributed by atoms with van der Waals surface area (Å²) in [7, 11) is 0. The molecule has 48 heavy (non-hydrogen) atoms. The number of para-hydroxylation sites is 2. The van der Waals surface area contributed by atoms with E-state index in [0.29, 0.717) is 25.2 Å². The molecule has 6 aromatic rings. The highest BCUT2D eigenvalue weighted by molar-refractivity contribution is 5.89. The Morgan fingerprint density at radius 1 is 0.792 bits per heavy atom. The summed E-state index contributed by atoms with van der Waals surface area (Å²) in [5.74, 6) is 1.09. The van der Waals surface area contributed by atoms with Gasteiger partial charge in [0.1, 0.15) is 17.0 Å². The zero-order valence-electron chi connectivity index (χ0n) is 28.1. The molecule has 0 aliphatic rings. The average molecular weight is 646 g/mol. The fourth-order valence-corrected chi connectivity index (χ4v) is 6.00. The number of amides is 2. The van der Waals surface area contributed by atoms with Crippen LogP contribution in [0.4, 0.5) is 4.79 Å². The molecule has 10 nitrogen and oxygen atoms in total. The second-order valence-electron chi connectivity index (χ2n) is 13.7. The molecule has 0 radical (unpaired) electrons. The van der Waals surface area contributed by atoms with E-state index < -0.39 is 23.3 Å². The predicted octanol–water partition coefficient (Wildman–Crippen LogP) is 6.78. The van der Waals surface area contributed by atoms with Crippen molar-refractivity contribution < 1.29 is 14.3 Å². The van der Waals surface area contributed by atoms with Crippen molar-refractivity contribution >= 4 is 33.8 Å². The fourth-order valence-electron chi connectivity index (χ4n) is 6.00. The van der Waals surface area contributed by atoms with Crippen molar-refractivity contribution in [2.75, 3.05) is 0 Å². The van der Waals surface area contributed by atoms with Crippen LogP contribution in [0.15, 0.2) is 91.3 Å². The molecule has 3 aromatic heterocycles. The van der Waals surface area contributed by atoms with E-state index >= 15 is 0 Å². The van der Waals surface area contributed by atoms with Crippen LogP contribution in [0.5, 0.6) is 0 Å². The number of aromatic amines is 2. The van der Waals surface area contributed by atoms with E-state index in [0.717, 1.165) is 39.8 Å². The molecule has 0 aliphatic heterocycles. The number of fused-ring (bicyclic) bond motifs is 2. The predicted molar refractivity (Wildman–Crippen MR) is 188 cm³/mol. The molecule has 0 saturated carbocycles. The summed E-state index contributed by atoms with van der Waals surface area (Å²) < 4.78 is 7.58. The van der Waals surface area contributed by atoms with Gasteiger partial charge in [0.05, 0.1) is 12.6 Å². The zero-order chi connectivity index (χ0) is 33.9. The van der Waals surface area contributed by atoms with Gasteiger partial charge >= 0.3 is 6.09 Å². The Kier molecular flexibility index (Phi) is 9.08. The second kappa shape index (κ2) is 13.4. The van der Waals surface area contributed by atoms with E-state index in [1.54, 1.807) is 34.6 Å². The molecule has 0 bridgehead atoms. The summed E-state index contributed by atoms with van der Waals surface area (Å²) in [4.78, 5) is 33.4. The Hall–Kier alpha value is -5.38. The number of hydrogen-bond donors (Lipinski definition) is 4. The number of carbonyl (C=O) groups is 2. The van der Waals surface area contributed by atoms with E-state index in [4.69, 9.17) is 14.9 Å². The molecule has 248 valence electrons. The lowest BCUT2D eigenvalue weighted by atomic mass is 10.0. The number of hydrogen-bond acceptors (Lipinski definition) is 5. The highest BCUT2D eigenvalue weighted by Crippen LogP contribution is 2.27. The highest BCUT2D eigenvalue weighted by atomic mass is 16.6. The molecule has 0 fully saturated rings. The Labute approximate surface area is 280 Å². The smallest absolute Gasteiger partial charge is 0.408 e. The maximum absolute atomic E-state index is 14.0. The van der Waals surface area contributed by atoms with E-state index in [9.17, 15) is 9.59 Å². The van der Waals surface area contributed by atoms with Gasteiger partial charge in [-0.25, -0.2) is 4.79 Å². The van der Waals surface area contributed by atoms with E-state index in [2.05, 4.69) is 61.7 Å². The molecule has 0 saturated heterocycles. The molecule has 0 unspecified atom stereocenters. The zero-order valence-corrected chi connectivity index (χ0v) is 28.1. The van der Waals surface area contributed by atoms with E-state index in [1.807, 2.05) is 54.7 Å². The molecule has 3 heterocycles. The number of nitrogens with zero attached hydrogens (tertiary/aromatic N) is 3. The van der Waals surface area contributed by atoms with Gasteiger partial charge in [0, 0.05) is 47.0 Å². The number of rotatable bonds is 11. The van der Waals surface area contributed by atoms with Gasteiger partial charge in [-0.05, 0) is 69.9 Å². The van der Waals surface area contributed by atoms with Crippen LogP contribution in [-0.4, -0.2) is 47.9 Å². The van der Waals surface area contributed by atoms with Crippen molar-refractivity contribution in [3.05, 3.63) is 120 Å². The minimum atomic E-state index is -1.27. The van der Waals surface area contributed by atoms with Crippen LogP contribution in [0, 0.1) is 0 Å². The maximum atomic E-state index is 14.0. The Morgan fingerprint density at radius 2 is 1.40 bits per heavy atom. The Morgan fingerprint density at radius 3 is 2.06 bits per heavy atom. The first kappa shape index (κ1) is 32.6. The fraction of sp³-hybridized carbons (Fsp3) is 0.316. The third-order valence-electron chi connectivity index (χ3n) is 8.43. The first-order valence-corrected chi connectivity index (χ1v) is 16.3. The van der Waals surface area contributed by atoms with E-state index in [1.165, 1.54) is 10.9 Å². The van der Waals surface area contributed by atoms with Crippen LogP contribution in [-0.2, 0) is 35.3 Å². The topological polar surface area (TPSA) is 130 Å². The van der Waals surface area contributed by atoms with Gasteiger partial charge in [0.25, 0.3) is 0 Å². The Bertz CT molecular complexity index is 2030.